The van der Waals surface area contributed by atoms with Gasteiger partial charge in [-0.05, 0) is 10.9 Å². The van der Waals surface area contributed by atoms with Gasteiger partial charge in [-0.25, -0.2) is 0 Å². The van der Waals surface area contributed by atoms with E-state index in [4.69, 9.17) is 0 Å². The molecule has 0 saturated heterocycles. The van der Waals surface area contributed by atoms with Gasteiger partial charge in [0.15, 0.2) is 0 Å². The molecule has 0 unspecified atom stereocenters. The normalized spacial score (nSPS) is 9.00. The topological polar surface area (TPSA) is 0 Å². The Kier molecular flexibility index (Phi) is 13.7. The number of rotatable bonds is 3. The standard InChI is InChI=1S/C5H12IS.HI/c1-7(2)5-3-4-6;/h3-5H2,1-2H3;1H/q+1;/p-1. The van der Waals surface area contributed by atoms with Crippen molar-refractivity contribution in [3.63, 3.8) is 0 Å². The molecule has 3 heteroatoms. The van der Waals surface area contributed by atoms with Gasteiger partial charge in [-0.3, -0.25) is 0 Å². The first-order valence-electron chi connectivity index (χ1n) is 2.37. The first-order chi connectivity index (χ1) is 3.27. The molecule has 0 heterocycles. The van der Waals surface area contributed by atoms with E-state index in [0.717, 1.165) is 0 Å². The van der Waals surface area contributed by atoms with Crippen LogP contribution in [0.3, 0.4) is 0 Å². The van der Waals surface area contributed by atoms with E-state index in [9.17, 15) is 0 Å². The lowest BCUT2D eigenvalue weighted by atomic mass is 10.6. The van der Waals surface area contributed by atoms with Crippen LogP contribution in [-0.4, -0.2) is 22.7 Å². The molecule has 0 aliphatic rings. The second kappa shape index (κ2) is 8.81. The highest BCUT2D eigenvalue weighted by atomic mass is 127. The van der Waals surface area contributed by atoms with Gasteiger partial charge in [0.25, 0.3) is 0 Å². The van der Waals surface area contributed by atoms with Gasteiger partial charge < -0.3 is 24.0 Å². The van der Waals surface area contributed by atoms with E-state index >= 15 is 0 Å². The van der Waals surface area contributed by atoms with E-state index in [2.05, 4.69) is 35.1 Å². The first kappa shape index (κ1) is 12.5. The van der Waals surface area contributed by atoms with Crippen LogP contribution < -0.4 is 24.0 Å². The smallest absolute Gasteiger partial charge is 0.108 e. The molecule has 52 valence electrons. The third kappa shape index (κ3) is 10.7. The van der Waals surface area contributed by atoms with Crippen LogP contribution in [0, 0.1) is 0 Å². The quantitative estimate of drug-likeness (QED) is 0.334. The number of alkyl halides is 1. The van der Waals surface area contributed by atoms with Crippen molar-refractivity contribution in [2.75, 3.05) is 22.7 Å². The zero-order valence-electron chi connectivity index (χ0n) is 5.29. The van der Waals surface area contributed by atoms with Gasteiger partial charge in [-0.15, -0.1) is 0 Å². The maximum absolute atomic E-state index is 2.43. The molecule has 0 spiro atoms. The summed E-state index contributed by atoms with van der Waals surface area (Å²) in [4.78, 5) is 0. The summed E-state index contributed by atoms with van der Waals surface area (Å²) in [6.07, 6.45) is 6.00. The van der Waals surface area contributed by atoms with Gasteiger partial charge in [0.2, 0.25) is 0 Å². The molecular formula is C5H12I2S. The Balaban J connectivity index is 0. The van der Waals surface area contributed by atoms with Crippen LogP contribution >= 0.6 is 22.6 Å². The zero-order valence-corrected chi connectivity index (χ0v) is 10.4. The van der Waals surface area contributed by atoms with Gasteiger partial charge >= 0.3 is 0 Å². The van der Waals surface area contributed by atoms with Crippen molar-refractivity contribution in [2.24, 2.45) is 0 Å². The van der Waals surface area contributed by atoms with Crippen LogP contribution in [0.2, 0.25) is 0 Å². The SMILES string of the molecule is C[S+](C)CCCI.[I-]. The summed E-state index contributed by atoms with van der Waals surface area (Å²) >= 11 is 2.43. The molecule has 0 bridgehead atoms. The van der Waals surface area contributed by atoms with E-state index in [1.165, 1.54) is 16.6 Å². The van der Waals surface area contributed by atoms with Gasteiger partial charge in [0, 0.05) is 10.8 Å². The summed E-state index contributed by atoms with van der Waals surface area (Å²) in [6, 6.07) is 0. The van der Waals surface area contributed by atoms with Crippen molar-refractivity contribution in [3.8, 4) is 0 Å². The Hall–Kier alpha value is 1.81. The molecule has 0 saturated carbocycles. The maximum atomic E-state index is 2.43. The molecule has 0 N–H and O–H groups in total. The predicted octanol–water partition coefficient (Wildman–Crippen LogP) is -1.31. The third-order valence-corrected chi connectivity index (χ3v) is 2.55. The fourth-order valence-electron chi connectivity index (χ4n) is 0.343. The first-order valence-corrected chi connectivity index (χ1v) is 6.11. The third-order valence-electron chi connectivity index (χ3n) is 0.686. The maximum Gasteiger partial charge on any atom is 0.108 e. The van der Waals surface area contributed by atoms with Crippen LogP contribution in [0.1, 0.15) is 6.42 Å². The molecule has 0 radical (unpaired) electrons. The van der Waals surface area contributed by atoms with E-state index in [0.29, 0.717) is 10.9 Å². The van der Waals surface area contributed by atoms with Crippen LogP contribution in [0.4, 0.5) is 0 Å². The largest absolute Gasteiger partial charge is 1.00 e. The van der Waals surface area contributed by atoms with Crippen LogP contribution in [0.25, 0.3) is 0 Å². The average molecular weight is 358 g/mol. The van der Waals surface area contributed by atoms with E-state index in [1.54, 1.807) is 0 Å². The minimum Gasteiger partial charge on any atom is -1.00 e. The summed E-state index contributed by atoms with van der Waals surface area (Å²) in [5, 5.41) is 0. The highest BCUT2D eigenvalue weighted by molar-refractivity contribution is 14.1. The second-order valence-electron chi connectivity index (χ2n) is 1.73. The Morgan fingerprint density at radius 3 is 2.00 bits per heavy atom. The minimum atomic E-state index is 0. The molecule has 0 atom stereocenters. The molecule has 8 heavy (non-hydrogen) atoms. The summed E-state index contributed by atoms with van der Waals surface area (Å²) in [5.74, 6) is 1.42. The lowest BCUT2D eigenvalue weighted by Gasteiger charge is -1.90. The van der Waals surface area contributed by atoms with Crippen molar-refractivity contribution < 1.29 is 24.0 Å². The van der Waals surface area contributed by atoms with Gasteiger partial charge in [0.05, 0.1) is 12.5 Å². The van der Waals surface area contributed by atoms with Crippen molar-refractivity contribution >= 4 is 33.5 Å². The van der Waals surface area contributed by atoms with E-state index in [1.807, 2.05) is 0 Å². The Bertz CT molecular complexity index is 39.4. The highest BCUT2D eigenvalue weighted by Crippen LogP contribution is 1.92. The molecule has 0 aliphatic heterocycles. The lowest BCUT2D eigenvalue weighted by Crippen LogP contribution is -3.00. The minimum absolute atomic E-state index is 0. The predicted molar refractivity (Wildman–Crippen MR) is 47.6 cm³/mol. The molecule has 0 fully saturated rings. The summed E-state index contributed by atoms with van der Waals surface area (Å²) in [6.45, 7) is 0. The average Bonchev–Trinajstić information content (AvgIpc) is 1.61. The van der Waals surface area contributed by atoms with Gasteiger partial charge in [-0.2, -0.15) is 0 Å². The molecule has 0 aromatic heterocycles. The van der Waals surface area contributed by atoms with Crippen LogP contribution in [0.5, 0.6) is 0 Å². The second-order valence-corrected chi connectivity index (χ2v) is 5.19. The van der Waals surface area contributed by atoms with E-state index in [-0.39, 0.29) is 24.0 Å². The highest BCUT2D eigenvalue weighted by Gasteiger charge is 1.97. The van der Waals surface area contributed by atoms with Crippen molar-refractivity contribution in [3.05, 3.63) is 0 Å². The monoisotopic (exact) mass is 358 g/mol. The fraction of sp³-hybridized carbons (Fsp3) is 1.00. The zero-order chi connectivity index (χ0) is 5.70. The summed E-state index contributed by atoms with van der Waals surface area (Å²) in [7, 11) is 0.680. The molecule has 0 aromatic rings. The molecular weight excluding hydrogens is 346 g/mol. The summed E-state index contributed by atoms with van der Waals surface area (Å²) < 4.78 is 1.32. The van der Waals surface area contributed by atoms with Crippen LogP contribution in [0.15, 0.2) is 0 Å². The summed E-state index contributed by atoms with van der Waals surface area (Å²) in [5.41, 5.74) is 0. The van der Waals surface area contributed by atoms with E-state index < -0.39 is 0 Å². The fourth-order valence-corrected chi connectivity index (χ4v) is 1.96. The van der Waals surface area contributed by atoms with Gasteiger partial charge in [0.1, 0.15) is 5.75 Å². The molecule has 0 nitrogen and oxygen atoms in total. The van der Waals surface area contributed by atoms with Crippen molar-refractivity contribution in [1.29, 1.82) is 0 Å². The number of halogens is 2. The van der Waals surface area contributed by atoms with Crippen molar-refractivity contribution in [1.82, 2.24) is 0 Å². The van der Waals surface area contributed by atoms with Gasteiger partial charge in [-0.1, -0.05) is 22.6 Å². The lowest BCUT2D eigenvalue weighted by molar-refractivity contribution is -0.00000153. The van der Waals surface area contributed by atoms with Crippen molar-refractivity contribution in [2.45, 2.75) is 6.42 Å². The molecule has 0 amide bonds. The number of hydrogen-bond acceptors (Lipinski definition) is 0. The molecule has 0 aliphatic carbocycles. The van der Waals surface area contributed by atoms with Crippen LogP contribution in [-0.2, 0) is 10.9 Å². The number of hydrogen-bond donors (Lipinski definition) is 0. The molecule has 0 rings (SSSR count). The Labute approximate surface area is 85.7 Å². The molecule has 0 aromatic carbocycles. The Morgan fingerprint density at radius 2 is 1.88 bits per heavy atom. The Morgan fingerprint density at radius 1 is 1.38 bits per heavy atom.